The van der Waals surface area contributed by atoms with Crippen LogP contribution < -0.4 is 0 Å². The summed E-state index contributed by atoms with van der Waals surface area (Å²) in [5.74, 6) is 2.14. The lowest BCUT2D eigenvalue weighted by atomic mass is 10.1. The fourth-order valence-corrected chi connectivity index (χ4v) is 3.07. The average Bonchev–Trinajstić information content (AvgIpc) is 3.36. The van der Waals surface area contributed by atoms with Gasteiger partial charge in [0.2, 0.25) is 0 Å². The molecule has 0 aliphatic carbocycles. The molecule has 0 amide bonds. The summed E-state index contributed by atoms with van der Waals surface area (Å²) in [5.41, 5.74) is 3.86. The molecule has 4 aromatic rings. The number of aromatic nitrogens is 5. The Morgan fingerprint density at radius 2 is 2.00 bits per heavy atom. The molecule has 0 saturated carbocycles. The van der Waals surface area contributed by atoms with E-state index in [2.05, 4.69) is 34.0 Å². The molecule has 132 valence electrons. The average molecular weight is 347 g/mol. The van der Waals surface area contributed by atoms with E-state index in [0.29, 0.717) is 12.5 Å². The molecule has 3 aromatic heterocycles. The second kappa shape index (κ2) is 7.00. The van der Waals surface area contributed by atoms with Gasteiger partial charge in [0.25, 0.3) is 0 Å². The summed E-state index contributed by atoms with van der Waals surface area (Å²) in [7, 11) is 0. The quantitative estimate of drug-likeness (QED) is 0.568. The maximum absolute atomic E-state index is 5.53. The molecule has 0 bridgehead atoms. The van der Waals surface area contributed by atoms with Crippen LogP contribution in [0.4, 0.5) is 0 Å². The standard InChI is InChI=1S/C20H21N5O/c1-14(2)10-16-11-17(26-24-16)12-25-13-23-18(15-6-4-3-5-7-15)19(25)20-21-8-9-22-20/h3-9,11,13-14H,10,12H2,1-2H3,(H,21,22). The van der Waals surface area contributed by atoms with Gasteiger partial charge in [-0.2, -0.15) is 0 Å². The van der Waals surface area contributed by atoms with Crippen molar-refractivity contribution in [3.05, 3.63) is 66.6 Å². The molecule has 4 rings (SSSR count). The summed E-state index contributed by atoms with van der Waals surface area (Å²) in [6.45, 7) is 4.90. The Hall–Kier alpha value is -3.15. The van der Waals surface area contributed by atoms with Gasteiger partial charge in [0, 0.05) is 24.0 Å². The zero-order chi connectivity index (χ0) is 17.9. The summed E-state index contributed by atoms with van der Waals surface area (Å²) in [6.07, 6.45) is 6.30. The predicted octanol–water partition coefficient (Wildman–Crippen LogP) is 4.18. The SMILES string of the molecule is CC(C)Cc1cc(Cn2cnc(-c3ccccc3)c2-c2ncc[nH]2)on1. The first-order valence-corrected chi connectivity index (χ1v) is 8.75. The molecule has 0 spiro atoms. The van der Waals surface area contributed by atoms with Crippen molar-refractivity contribution in [3.63, 3.8) is 0 Å². The molecule has 3 heterocycles. The summed E-state index contributed by atoms with van der Waals surface area (Å²) in [6, 6.07) is 12.1. The predicted molar refractivity (Wildman–Crippen MR) is 99.4 cm³/mol. The topological polar surface area (TPSA) is 72.5 Å². The maximum atomic E-state index is 5.53. The number of benzene rings is 1. The van der Waals surface area contributed by atoms with Crippen LogP contribution in [0, 0.1) is 5.92 Å². The van der Waals surface area contributed by atoms with Crippen LogP contribution in [0.15, 0.2) is 59.6 Å². The van der Waals surface area contributed by atoms with Gasteiger partial charge in [0.15, 0.2) is 11.6 Å². The lowest BCUT2D eigenvalue weighted by Crippen LogP contribution is -2.01. The molecule has 6 heteroatoms. The first kappa shape index (κ1) is 16.3. The molecule has 1 N–H and O–H groups in total. The Bertz CT molecular complexity index is 967. The first-order valence-electron chi connectivity index (χ1n) is 8.75. The second-order valence-electron chi connectivity index (χ2n) is 6.76. The molecule has 0 atom stereocenters. The minimum atomic E-state index is 0.546. The van der Waals surface area contributed by atoms with Crippen LogP contribution in [0.25, 0.3) is 22.8 Å². The van der Waals surface area contributed by atoms with Gasteiger partial charge >= 0.3 is 0 Å². The number of nitrogens with zero attached hydrogens (tertiary/aromatic N) is 4. The summed E-state index contributed by atoms with van der Waals surface area (Å²) < 4.78 is 7.57. The van der Waals surface area contributed by atoms with Crippen molar-refractivity contribution in [1.82, 2.24) is 24.7 Å². The minimum Gasteiger partial charge on any atom is -0.359 e. The van der Waals surface area contributed by atoms with E-state index in [0.717, 1.165) is 40.7 Å². The highest BCUT2D eigenvalue weighted by molar-refractivity contribution is 5.75. The van der Waals surface area contributed by atoms with Gasteiger partial charge in [-0.05, 0) is 12.3 Å². The van der Waals surface area contributed by atoms with Crippen molar-refractivity contribution in [2.45, 2.75) is 26.8 Å². The molecule has 0 unspecified atom stereocenters. The summed E-state index contributed by atoms with van der Waals surface area (Å²) in [4.78, 5) is 12.3. The van der Waals surface area contributed by atoms with Crippen molar-refractivity contribution >= 4 is 0 Å². The zero-order valence-corrected chi connectivity index (χ0v) is 14.9. The van der Waals surface area contributed by atoms with E-state index >= 15 is 0 Å². The Morgan fingerprint density at radius 3 is 2.73 bits per heavy atom. The number of hydrogen-bond donors (Lipinski definition) is 1. The van der Waals surface area contributed by atoms with Gasteiger partial charge in [-0.3, -0.25) is 0 Å². The van der Waals surface area contributed by atoms with Crippen molar-refractivity contribution < 1.29 is 4.52 Å². The van der Waals surface area contributed by atoms with Gasteiger partial charge in [0.05, 0.1) is 24.3 Å². The Labute approximate surface area is 151 Å². The third-order valence-electron chi connectivity index (χ3n) is 4.16. The highest BCUT2D eigenvalue weighted by atomic mass is 16.5. The highest BCUT2D eigenvalue weighted by Crippen LogP contribution is 2.29. The lowest BCUT2D eigenvalue weighted by molar-refractivity contribution is 0.368. The number of imidazole rings is 2. The first-order chi connectivity index (χ1) is 12.7. The van der Waals surface area contributed by atoms with Crippen LogP contribution in [0.3, 0.4) is 0 Å². The Morgan fingerprint density at radius 1 is 1.15 bits per heavy atom. The molecule has 1 aromatic carbocycles. The van der Waals surface area contributed by atoms with E-state index in [1.54, 1.807) is 6.20 Å². The molecule has 6 nitrogen and oxygen atoms in total. The molecule has 0 fully saturated rings. The van der Waals surface area contributed by atoms with Gasteiger partial charge in [-0.15, -0.1) is 0 Å². The van der Waals surface area contributed by atoms with E-state index in [4.69, 9.17) is 4.52 Å². The molecule has 0 radical (unpaired) electrons. The fourth-order valence-electron chi connectivity index (χ4n) is 3.07. The van der Waals surface area contributed by atoms with Gasteiger partial charge in [-0.25, -0.2) is 9.97 Å². The molecular weight excluding hydrogens is 326 g/mol. The van der Waals surface area contributed by atoms with Gasteiger partial charge in [0.1, 0.15) is 5.69 Å². The highest BCUT2D eigenvalue weighted by Gasteiger charge is 2.18. The van der Waals surface area contributed by atoms with Crippen molar-refractivity contribution in [3.8, 4) is 22.8 Å². The molecule has 0 aliphatic rings. The zero-order valence-electron chi connectivity index (χ0n) is 14.9. The summed E-state index contributed by atoms with van der Waals surface area (Å²) in [5, 5.41) is 4.18. The van der Waals surface area contributed by atoms with Crippen LogP contribution in [0.5, 0.6) is 0 Å². The van der Waals surface area contributed by atoms with Crippen molar-refractivity contribution in [1.29, 1.82) is 0 Å². The Kier molecular flexibility index (Phi) is 4.39. The monoisotopic (exact) mass is 347 g/mol. The number of aromatic amines is 1. The van der Waals surface area contributed by atoms with Crippen LogP contribution in [0.2, 0.25) is 0 Å². The van der Waals surface area contributed by atoms with Gasteiger partial charge < -0.3 is 14.1 Å². The third kappa shape index (κ3) is 3.31. The molecule has 0 aliphatic heterocycles. The smallest absolute Gasteiger partial charge is 0.156 e. The number of rotatable bonds is 6. The van der Waals surface area contributed by atoms with E-state index in [9.17, 15) is 0 Å². The molecule has 0 saturated heterocycles. The number of hydrogen-bond acceptors (Lipinski definition) is 4. The van der Waals surface area contributed by atoms with Crippen molar-refractivity contribution in [2.75, 3.05) is 0 Å². The Balaban J connectivity index is 1.70. The van der Waals surface area contributed by atoms with Crippen LogP contribution in [0.1, 0.15) is 25.3 Å². The maximum Gasteiger partial charge on any atom is 0.156 e. The van der Waals surface area contributed by atoms with E-state index < -0.39 is 0 Å². The largest absolute Gasteiger partial charge is 0.359 e. The molecular formula is C20H21N5O. The second-order valence-corrected chi connectivity index (χ2v) is 6.76. The van der Waals surface area contributed by atoms with E-state index in [-0.39, 0.29) is 0 Å². The fraction of sp³-hybridized carbons (Fsp3) is 0.250. The lowest BCUT2D eigenvalue weighted by Gasteiger charge is -2.06. The molecule has 26 heavy (non-hydrogen) atoms. The van der Waals surface area contributed by atoms with Crippen LogP contribution in [-0.4, -0.2) is 24.7 Å². The van der Waals surface area contributed by atoms with Crippen LogP contribution in [-0.2, 0) is 13.0 Å². The summed E-state index contributed by atoms with van der Waals surface area (Å²) >= 11 is 0. The van der Waals surface area contributed by atoms with Crippen LogP contribution >= 0.6 is 0 Å². The number of H-pyrrole nitrogens is 1. The van der Waals surface area contributed by atoms with E-state index in [1.165, 1.54) is 0 Å². The number of nitrogens with one attached hydrogen (secondary N) is 1. The normalized spacial score (nSPS) is 11.3. The minimum absolute atomic E-state index is 0.546. The van der Waals surface area contributed by atoms with Gasteiger partial charge in [-0.1, -0.05) is 49.3 Å². The third-order valence-corrected chi connectivity index (χ3v) is 4.16. The van der Waals surface area contributed by atoms with E-state index in [1.807, 2.05) is 53.5 Å². The van der Waals surface area contributed by atoms with Crippen molar-refractivity contribution in [2.24, 2.45) is 5.92 Å².